The van der Waals surface area contributed by atoms with Crippen molar-refractivity contribution in [2.75, 3.05) is 19.7 Å². The summed E-state index contributed by atoms with van der Waals surface area (Å²) in [6.45, 7) is 6.06. The number of benzene rings is 1. The molecule has 1 amide bonds. The number of hydrogen-bond donors (Lipinski definition) is 2. The van der Waals surface area contributed by atoms with Gasteiger partial charge in [-0.1, -0.05) is 44.5 Å². The first-order valence-corrected chi connectivity index (χ1v) is 9.30. The van der Waals surface area contributed by atoms with E-state index in [1.54, 1.807) is 0 Å². The van der Waals surface area contributed by atoms with E-state index in [0.717, 1.165) is 25.9 Å². The summed E-state index contributed by atoms with van der Waals surface area (Å²) in [6.07, 6.45) is 5.15. The summed E-state index contributed by atoms with van der Waals surface area (Å²) in [7, 11) is 0. The van der Waals surface area contributed by atoms with Gasteiger partial charge in [-0.25, -0.2) is 0 Å². The molecule has 0 unspecified atom stereocenters. The summed E-state index contributed by atoms with van der Waals surface area (Å²) >= 11 is 0. The number of fused-ring (bicyclic) bond motifs is 1. The zero-order valence-electron chi connectivity index (χ0n) is 14.9. The lowest BCUT2D eigenvalue weighted by atomic mass is 9.88. The molecular formula is C20H30N2O2. The van der Waals surface area contributed by atoms with Crippen molar-refractivity contribution < 1.29 is 9.90 Å². The molecule has 1 aromatic rings. The summed E-state index contributed by atoms with van der Waals surface area (Å²) in [5.41, 5.74) is 2.11. The predicted molar refractivity (Wildman–Crippen MR) is 95.9 cm³/mol. The highest BCUT2D eigenvalue weighted by Gasteiger charge is 2.48. The first-order chi connectivity index (χ1) is 11.6. The van der Waals surface area contributed by atoms with Gasteiger partial charge < -0.3 is 10.4 Å². The van der Waals surface area contributed by atoms with Crippen molar-refractivity contribution in [1.29, 1.82) is 0 Å². The zero-order valence-corrected chi connectivity index (χ0v) is 14.9. The number of aliphatic hydroxyl groups is 1. The Bertz CT molecular complexity index is 554. The molecule has 132 valence electrons. The number of rotatable bonds is 5. The minimum atomic E-state index is -0.480. The fourth-order valence-electron chi connectivity index (χ4n) is 4.17. The third-order valence-corrected chi connectivity index (χ3v) is 5.79. The molecule has 1 aromatic carbocycles. The fraction of sp³-hybridized carbons (Fsp3) is 0.650. The number of aliphatic hydroxyl groups excluding tert-OH is 1. The smallest absolute Gasteiger partial charge is 0.241 e. The van der Waals surface area contributed by atoms with Crippen molar-refractivity contribution in [3.05, 3.63) is 35.4 Å². The number of nitrogens with one attached hydrogen (secondary N) is 1. The maximum atomic E-state index is 13.3. The first kappa shape index (κ1) is 17.4. The Kier molecular flexibility index (Phi) is 5.26. The first-order valence-electron chi connectivity index (χ1n) is 9.30. The van der Waals surface area contributed by atoms with E-state index in [0.29, 0.717) is 0 Å². The van der Waals surface area contributed by atoms with Crippen molar-refractivity contribution in [2.24, 2.45) is 5.92 Å². The number of carbonyl (C=O) groups excluding carboxylic acids is 1. The number of amides is 1. The lowest BCUT2D eigenvalue weighted by molar-refractivity contribution is -0.135. The van der Waals surface area contributed by atoms with Gasteiger partial charge in [-0.05, 0) is 43.0 Å². The van der Waals surface area contributed by atoms with Crippen LogP contribution >= 0.6 is 0 Å². The number of piperidine rings is 1. The molecule has 0 spiro atoms. The van der Waals surface area contributed by atoms with Crippen LogP contribution < -0.4 is 5.32 Å². The van der Waals surface area contributed by atoms with Crippen molar-refractivity contribution in [3.8, 4) is 0 Å². The molecule has 4 heteroatoms. The Labute approximate surface area is 145 Å². The van der Waals surface area contributed by atoms with E-state index in [4.69, 9.17) is 0 Å². The second-order valence-electron chi connectivity index (χ2n) is 7.71. The van der Waals surface area contributed by atoms with Crippen LogP contribution in [0.3, 0.4) is 0 Å². The Morgan fingerprint density at radius 1 is 1.17 bits per heavy atom. The Morgan fingerprint density at radius 3 is 2.25 bits per heavy atom. The molecular weight excluding hydrogens is 300 g/mol. The average molecular weight is 330 g/mol. The van der Waals surface area contributed by atoms with Gasteiger partial charge in [0.2, 0.25) is 5.91 Å². The van der Waals surface area contributed by atoms with E-state index in [1.807, 2.05) is 13.8 Å². The van der Waals surface area contributed by atoms with Crippen LogP contribution in [0, 0.1) is 5.92 Å². The van der Waals surface area contributed by atoms with Gasteiger partial charge >= 0.3 is 0 Å². The summed E-state index contributed by atoms with van der Waals surface area (Å²) in [4.78, 5) is 15.7. The van der Waals surface area contributed by atoms with Gasteiger partial charge in [-0.15, -0.1) is 0 Å². The Balaban J connectivity index is 1.87. The molecule has 0 bridgehead atoms. The van der Waals surface area contributed by atoms with Crippen LogP contribution in [0.2, 0.25) is 0 Å². The van der Waals surface area contributed by atoms with Crippen molar-refractivity contribution in [1.82, 2.24) is 10.2 Å². The largest absolute Gasteiger partial charge is 0.394 e. The molecule has 0 saturated carbocycles. The molecule has 2 aliphatic rings. The maximum absolute atomic E-state index is 13.3. The van der Waals surface area contributed by atoms with Crippen molar-refractivity contribution >= 4 is 5.91 Å². The third-order valence-electron chi connectivity index (χ3n) is 5.79. The normalized spacial score (nSPS) is 21.5. The Morgan fingerprint density at radius 2 is 1.75 bits per heavy atom. The molecule has 1 aliphatic heterocycles. The van der Waals surface area contributed by atoms with Crippen LogP contribution in [0.5, 0.6) is 0 Å². The molecule has 0 radical (unpaired) electrons. The zero-order chi connectivity index (χ0) is 17.2. The molecule has 4 nitrogen and oxygen atoms in total. The number of carbonyl (C=O) groups is 1. The molecule has 1 fully saturated rings. The second-order valence-corrected chi connectivity index (χ2v) is 7.71. The van der Waals surface area contributed by atoms with E-state index in [-0.39, 0.29) is 24.5 Å². The van der Waals surface area contributed by atoms with Gasteiger partial charge in [-0.2, -0.15) is 0 Å². The minimum Gasteiger partial charge on any atom is -0.394 e. The van der Waals surface area contributed by atoms with E-state index < -0.39 is 5.54 Å². The summed E-state index contributed by atoms with van der Waals surface area (Å²) < 4.78 is 0. The number of nitrogens with zero attached hydrogens (tertiary/aromatic N) is 1. The maximum Gasteiger partial charge on any atom is 0.241 e. The van der Waals surface area contributed by atoms with Crippen LogP contribution in [0.1, 0.15) is 44.2 Å². The average Bonchev–Trinajstić information content (AvgIpc) is 3.00. The van der Waals surface area contributed by atoms with Gasteiger partial charge in [0.25, 0.3) is 0 Å². The van der Waals surface area contributed by atoms with Crippen LogP contribution in [0.15, 0.2) is 24.3 Å². The van der Waals surface area contributed by atoms with Crippen molar-refractivity contribution in [3.63, 3.8) is 0 Å². The highest BCUT2D eigenvalue weighted by atomic mass is 16.3. The van der Waals surface area contributed by atoms with Gasteiger partial charge in [0.1, 0.15) is 5.54 Å². The van der Waals surface area contributed by atoms with Crippen LogP contribution in [0.4, 0.5) is 0 Å². The summed E-state index contributed by atoms with van der Waals surface area (Å²) in [6, 6.07) is 8.25. The van der Waals surface area contributed by atoms with Crippen LogP contribution in [-0.4, -0.2) is 47.2 Å². The van der Waals surface area contributed by atoms with E-state index >= 15 is 0 Å². The molecule has 24 heavy (non-hydrogen) atoms. The van der Waals surface area contributed by atoms with Crippen LogP contribution in [-0.2, 0) is 17.6 Å². The molecule has 0 aromatic heterocycles. The fourth-order valence-corrected chi connectivity index (χ4v) is 4.17. The SMILES string of the molecule is CC(C)[C@@H](CO)NC(=O)C1(N2CCCCC2)Cc2ccccc2C1. The quantitative estimate of drug-likeness (QED) is 0.870. The van der Waals surface area contributed by atoms with Gasteiger partial charge in [-0.3, -0.25) is 9.69 Å². The molecule has 1 saturated heterocycles. The van der Waals surface area contributed by atoms with Crippen LogP contribution in [0.25, 0.3) is 0 Å². The number of hydrogen-bond acceptors (Lipinski definition) is 3. The summed E-state index contributed by atoms with van der Waals surface area (Å²) in [5.74, 6) is 0.314. The number of likely N-dealkylation sites (tertiary alicyclic amines) is 1. The lowest BCUT2D eigenvalue weighted by Crippen LogP contribution is -2.63. The highest BCUT2D eigenvalue weighted by molar-refractivity contribution is 5.88. The van der Waals surface area contributed by atoms with Gasteiger partial charge in [0, 0.05) is 12.8 Å². The molecule has 1 heterocycles. The van der Waals surface area contributed by atoms with E-state index in [2.05, 4.69) is 34.5 Å². The molecule has 2 N–H and O–H groups in total. The Hall–Kier alpha value is -1.39. The monoisotopic (exact) mass is 330 g/mol. The second kappa shape index (κ2) is 7.24. The van der Waals surface area contributed by atoms with E-state index in [1.165, 1.54) is 30.4 Å². The standard InChI is InChI=1S/C20H30N2O2/c1-15(2)18(14-23)21-19(24)20(22-10-6-3-7-11-22)12-16-8-4-5-9-17(16)13-20/h4-5,8-9,15,18,23H,3,6-7,10-14H2,1-2H3,(H,21,24)/t18-/m1/s1. The predicted octanol–water partition coefficient (Wildman–Crippen LogP) is 2.14. The highest BCUT2D eigenvalue weighted by Crippen LogP contribution is 2.36. The lowest BCUT2D eigenvalue weighted by Gasteiger charge is -2.43. The minimum absolute atomic E-state index is 0.00750. The molecule has 1 aliphatic carbocycles. The third kappa shape index (κ3) is 3.22. The topological polar surface area (TPSA) is 52.6 Å². The summed E-state index contributed by atoms with van der Waals surface area (Å²) in [5, 5.41) is 12.8. The molecule has 1 atom stereocenters. The van der Waals surface area contributed by atoms with Crippen molar-refractivity contribution in [2.45, 2.75) is 57.5 Å². The molecule has 3 rings (SSSR count). The van der Waals surface area contributed by atoms with Gasteiger partial charge in [0.15, 0.2) is 0 Å². The van der Waals surface area contributed by atoms with E-state index in [9.17, 15) is 9.90 Å². The van der Waals surface area contributed by atoms with Gasteiger partial charge in [0.05, 0.1) is 12.6 Å².